The largest absolute Gasteiger partial charge is 0.396 e. The summed E-state index contributed by atoms with van der Waals surface area (Å²) in [5, 5.41) is 15.1. The fraction of sp³-hybridized carbons (Fsp3) is 0.650. The lowest BCUT2D eigenvalue weighted by Gasteiger charge is -2.36. The van der Waals surface area contributed by atoms with Gasteiger partial charge in [-0.3, -0.25) is 4.90 Å². The van der Waals surface area contributed by atoms with Gasteiger partial charge >= 0.3 is 6.03 Å². The lowest BCUT2D eigenvalue weighted by molar-refractivity contribution is 0.152. The van der Waals surface area contributed by atoms with Crippen LogP contribution in [0.4, 0.5) is 4.79 Å². The van der Waals surface area contributed by atoms with Crippen molar-refractivity contribution in [1.29, 1.82) is 0 Å². The highest BCUT2D eigenvalue weighted by molar-refractivity contribution is 5.74. The molecule has 5 heteroatoms. The first-order valence-corrected chi connectivity index (χ1v) is 9.35. The number of carbonyl (C=O) groups is 1. The number of hydrogen-bond donors (Lipinski definition) is 3. The van der Waals surface area contributed by atoms with E-state index in [1.54, 1.807) is 0 Å². The van der Waals surface area contributed by atoms with Crippen LogP contribution in [0.2, 0.25) is 0 Å². The number of likely N-dealkylation sites (tertiary alicyclic amines) is 1. The zero-order chi connectivity index (χ0) is 18.3. The zero-order valence-electron chi connectivity index (χ0n) is 15.8. The number of rotatable bonds is 7. The normalized spacial score (nSPS) is 17.9. The van der Waals surface area contributed by atoms with Crippen LogP contribution in [0, 0.1) is 5.41 Å². The molecule has 2 amide bonds. The van der Waals surface area contributed by atoms with Crippen LogP contribution >= 0.6 is 0 Å². The van der Waals surface area contributed by atoms with E-state index in [1.165, 1.54) is 5.56 Å². The number of nitrogens with one attached hydrogen (secondary N) is 2. The van der Waals surface area contributed by atoms with Crippen molar-refractivity contribution in [3.05, 3.63) is 35.9 Å². The number of nitrogens with zero attached hydrogens (tertiary/aromatic N) is 1. The summed E-state index contributed by atoms with van der Waals surface area (Å²) in [6.07, 6.45) is 2.64. The van der Waals surface area contributed by atoms with E-state index in [0.717, 1.165) is 25.9 Å². The van der Waals surface area contributed by atoms with Crippen molar-refractivity contribution in [1.82, 2.24) is 15.5 Å². The minimum atomic E-state index is -0.0967. The Morgan fingerprint density at radius 2 is 1.92 bits per heavy atom. The van der Waals surface area contributed by atoms with E-state index in [9.17, 15) is 4.79 Å². The van der Waals surface area contributed by atoms with Crippen molar-refractivity contribution in [3.63, 3.8) is 0 Å². The highest BCUT2D eigenvalue weighted by atomic mass is 16.3. The minimum absolute atomic E-state index is 0.0828. The molecule has 1 aromatic carbocycles. The summed E-state index contributed by atoms with van der Waals surface area (Å²) in [5.74, 6) is 0. The van der Waals surface area contributed by atoms with Gasteiger partial charge in [-0.1, -0.05) is 44.2 Å². The van der Waals surface area contributed by atoms with Gasteiger partial charge in [-0.05, 0) is 37.2 Å². The van der Waals surface area contributed by atoms with Crippen LogP contribution in [0.15, 0.2) is 30.3 Å². The molecular formula is C20H33N3O2. The standard InChI is InChI=1S/C20H33N3O2/c1-16(17-7-5-4-6-8-17)23-12-9-18(10-13-23)22-19(25)21-15-20(2,3)11-14-24/h4-8,16,18,24H,9-15H2,1-3H3,(H2,21,22,25). The molecule has 1 saturated heterocycles. The van der Waals surface area contributed by atoms with Crippen LogP contribution in [-0.2, 0) is 0 Å². The second-order valence-corrected chi connectivity index (χ2v) is 7.86. The molecule has 1 heterocycles. The van der Waals surface area contributed by atoms with Crippen molar-refractivity contribution in [2.75, 3.05) is 26.2 Å². The third-order valence-corrected chi connectivity index (χ3v) is 5.21. The first kappa shape index (κ1) is 19.7. The summed E-state index contributed by atoms with van der Waals surface area (Å²) in [5.41, 5.74) is 1.26. The lowest BCUT2D eigenvalue weighted by Crippen LogP contribution is -2.49. The first-order valence-electron chi connectivity index (χ1n) is 9.35. The number of urea groups is 1. The molecule has 0 bridgehead atoms. The Morgan fingerprint density at radius 3 is 2.52 bits per heavy atom. The van der Waals surface area contributed by atoms with Crippen molar-refractivity contribution in [2.45, 2.75) is 52.1 Å². The van der Waals surface area contributed by atoms with Crippen molar-refractivity contribution in [3.8, 4) is 0 Å². The summed E-state index contributed by atoms with van der Waals surface area (Å²) in [7, 11) is 0. The average molecular weight is 348 g/mol. The van der Waals surface area contributed by atoms with Crippen LogP contribution < -0.4 is 10.6 Å². The third kappa shape index (κ3) is 6.33. The minimum Gasteiger partial charge on any atom is -0.396 e. The fourth-order valence-electron chi connectivity index (χ4n) is 3.32. The maximum Gasteiger partial charge on any atom is 0.315 e. The monoisotopic (exact) mass is 347 g/mol. The Hall–Kier alpha value is -1.59. The van der Waals surface area contributed by atoms with E-state index < -0.39 is 0 Å². The number of benzene rings is 1. The maximum absolute atomic E-state index is 12.1. The summed E-state index contributed by atoms with van der Waals surface area (Å²) in [6, 6.07) is 11.1. The SMILES string of the molecule is CC(c1ccccc1)N1CCC(NC(=O)NCC(C)(C)CCO)CC1. The molecule has 0 aromatic heterocycles. The molecule has 140 valence electrons. The van der Waals surface area contributed by atoms with Gasteiger partial charge in [-0.25, -0.2) is 4.79 Å². The Kier molecular flexibility index (Phi) is 7.26. The van der Waals surface area contributed by atoms with Gasteiger partial charge in [0.2, 0.25) is 0 Å². The summed E-state index contributed by atoms with van der Waals surface area (Å²) >= 11 is 0. The van der Waals surface area contributed by atoms with E-state index in [4.69, 9.17) is 5.11 Å². The average Bonchev–Trinajstić information content (AvgIpc) is 2.61. The van der Waals surface area contributed by atoms with E-state index in [1.807, 2.05) is 19.9 Å². The summed E-state index contributed by atoms with van der Waals surface area (Å²) < 4.78 is 0. The predicted octanol–water partition coefficient (Wildman–Crippen LogP) is 2.92. The van der Waals surface area contributed by atoms with Crippen molar-refractivity contribution in [2.24, 2.45) is 5.41 Å². The first-order chi connectivity index (χ1) is 11.9. The summed E-state index contributed by atoms with van der Waals surface area (Å²) in [4.78, 5) is 14.6. The third-order valence-electron chi connectivity index (χ3n) is 5.21. The fourth-order valence-corrected chi connectivity index (χ4v) is 3.32. The molecule has 3 N–H and O–H groups in total. The van der Waals surface area contributed by atoms with Crippen LogP contribution in [0.25, 0.3) is 0 Å². The van der Waals surface area contributed by atoms with Gasteiger partial charge in [0.25, 0.3) is 0 Å². The molecular weight excluding hydrogens is 314 g/mol. The second-order valence-electron chi connectivity index (χ2n) is 7.86. The van der Waals surface area contributed by atoms with Crippen LogP contribution in [0.3, 0.4) is 0 Å². The number of carbonyl (C=O) groups excluding carboxylic acids is 1. The van der Waals surface area contributed by atoms with E-state index >= 15 is 0 Å². The van der Waals surface area contributed by atoms with Crippen LogP contribution in [0.5, 0.6) is 0 Å². The van der Waals surface area contributed by atoms with E-state index in [2.05, 4.69) is 46.7 Å². The van der Waals surface area contributed by atoms with Gasteiger partial charge < -0.3 is 15.7 Å². The van der Waals surface area contributed by atoms with Crippen molar-refractivity contribution < 1.29 is 9.90 Å². The topological polar surface area (TPSA) is 64.6 Å². The van der Waals surface area contributed by atoms with Crippen LogP contribution in [-0.4, -0.2) is 48.3 Å². The Labute approximate surface area is 151 Å². The Balaban J connectivity index is 1.72. The maximum atomic E-state index is 12.1. The molecule has 25 heavy (non-hydrogen) atoms. The molecule has 1 fully saturated rings. The van der Waals surface area contributed by atoms with Gasteiger partial charge in [-0.2, -0.15) is 0 Å². The molecule has 1 aliphatic rings. The van der Waals surface area contributed by atoms with Gasteiger partial charge in [0.1, 0.15) is 0 Å². The van der Waals surface area contributed by atoms with Gasteiger partial charge in [0.05, 0.1) is 0 Å². The number of aliphatic hydroxyl groups is 1. The van der Waals surface area contributed by atoms with Gasteiger partial charge in [-0.15, -0.1) is 0 Å². The molecule has 0 saturated carbocycles. The number of aliphatic hydroxyl groups excluding tert-OH is 1. The number of amides is 2. The summed E-state index contributed by atoms with van der Waals surface area (Å²) in [6.45, 7) is 9.06. The second kappa shape index (κ2) is 9.20. The quantitative estimate of drug-likeness (QED) is 0.710. The van der Waals surface area contributed by atoms with Gasteiger partial charge in [0, 0.05) is 38.3 Å². The smallest absolute Gasteiger partial charge is 0.315 e. The molecule has 0 radical (unpaired) electrons. The van der Waals surface area contributed by atoms with E-state index in [0.29, 0.717) is 19.0 Å². The molecule has 0 spiro atoms. The van der Waals surface area contributed by atoms with E-state index in [-0.39, 0.29) is 24.1 Å². The highest BCUT2D eigenvalue weighted by Gasteiger charge is 2.25. The number of piperidine rings is 1. The molecule has 1 aliphatic heterocycles. The Bertz CT molecular complexity index is 525. The molecule has 0 aliphatic carbocycles. The Morgan fingerprint density at radius 1 is 1.28 bits per heavy atom. The lowest BCUT2D eigenvalue weighted by atomic mass is 9.90. The number of hydrogen-bond acceptors (Lipinski definition) is 3. The molecule has 1 atom stereocenters. The molecule has 1 aromatic rings. The van der Waals surface area contributed by atoms with Crippen LogP contribution in [0.1, 0.15) is 51.6 Å². The molecule has 5 nitrogen and oxygen atoms in total. The van der Waals surface area contributed by atoms with Gasteiger partial charge in [0.15, 0.2) is 0 Å². The molecule has 2 rings (SSSR count). The zero-order valence-corrected chi connectivity index (χ0v) is 15.8. The molecule has 1 unspecified atom stereocenters. The predicted molar refractivity (Wildman–Crippen MR) is 101 cm³/mol. The van der Waals surface area contributed by atoms with Crippen molar-refractivity contribution >= 4 is 6.03 Å². The highest BCUT2D eigenvalue weighted by Crippen LogP contribution is 2.24.